The molecule has 1 aliphatic carbocycles. The van der Waals surface area contributed by atoms with Crippen LogP contribution < -0.4 is 5.43 Å². The van der Waals surface area contributed by atoms with E-state index >= 15 is 0 Å². The summed E-state index contributed by atoms with van der Waals surface area (Å²) in [5, 5.41) is 4.32. The summed E-state index contributed by atoms with van der Waals surface area (Å²) in [7, 11) is 0. The Morgan fingerprint density at radius 3 is 2.81 bits per heavy atom. The maximum absolute atomic E-state index is 12.2. The first-order chi connectivity index (χ1) is 9.99. The van der Waals surface area contributed by atoms with Gasteiger partial charge in [0.25, 0.3) is 5.91 Å². The minimum absolute atomic E-state index is 0.169. The first-order valence-electron chi connectivity index (χ1n) is 6.93. The van der Waals surface area contributed by atoms with Gasteiger partial charge in [0.05, 0.1) is 11.3 Å². The minimum Gasteiger partial charge on any atom is -0.267 e. The molecule has 1 aromatic rings. The Morgan fingerprint density at radius 1 is 1.43 bits per heavy atom. The lowest BCUT2D eigenvalue weighted by Crippen LogP contribution is -2.23. The first-order valence-corrected chi connectivity index (χ1v) is 8.01. The lowest BCUT2D eigenvalue weighted by molar-refractivity contribution is 0.0954. The number of nitrogens with one attached hydrogen (secondary N) is 1. The Hall–Kier alpha value is -1.43. The van der Waals surface area contributed by atoms with Crippen LogP contribution in [-0.4, -0.2) is 11.6 Å². The van der Waals surface area contributed by atoms with E-state index in [2.05, 4.69) is 45.8 Å². The van der Waals surface area contributed by atoms with Crippen LogP contribution in [0.1, 0.15) is 37.0 Å². The van der Waals surface area contributed by atoms with Gasteiger partial charge in [-0.2, -0.15) is 5.10 Å². The zero-order valence-corrected chi connectivity index (χ0v) is 14.5. The van der Waals surface area contributed by atoms with Gasteiger partial charge < -0.3 is 0 Å². The monoisotopic (exact) mass is 394 g/mol. The highest BCUT2D eigenvalue weighted by Gasteiger charge is 2.19. The highest BCUT2D eigenvalue weighted by Crippen LogP contribution is 2.26. The zero-order chi connectivity index (χ0) is 15.4. The van der Waals surface area contributed by atoms with Crippen LogP contribution in [0.3, 0.4) is 0 Å². The molecule has 0 radical (unpaired) electrons. The molecule has 0 heterocycles. The lowest BCUT2D eigenvalue weighted by atomic mass is 9.85. The number of carbonyl (C=O) groups excluding carboxylic acids is 1. The molecule has 3 nitrogen and oxygen atoms in total. The zero-order valence-electron chi connectivity index (χ0n) is 12.3. The molecule has 1 aliphatic rings. The van der Waals surface area contributed by atoms with Crippen LogP contribution in [0.4, 0.5) is 0 Å². The fourth-order valence-corrected chi connectivity index (χ4v) is 2.88. The lowest BCUT2D eigenvalue weighted by Gasteiger charge is -2.22. The third kappa shape index (κ3) is 4.03. The number of hydrogen-bond donors (Lipinski definition) is 1. The second kappa shape index (κ2) is 7.02. The molecule has 2 rings (SSSR count). The van der Waals surface area contributed by atoms with Gasteiger partial charge in [0.2, 0.25) is 0 Å². The van der Waals surface area contributed by atoms with Crippen LogP contribution in [0.2, 0.25) is 0 Å². The molecule has 4 heteroatoms. The fourth-order valence-electron chi connectivity index (χ4n) is 2.25. The van der Waals surface area contributed by atoms with E-state index in [4.69, 9.17) is 0 Å². The predicted molar refractivity (Wildman–Crippen MR) is 95.4 cm³/mol. The normalized spacial score (nSPS) is 20.0. The van der Waals surface area contributed by atoms with Crippen molar-refractivity contribution in [2.24, 2.45) is 11.0 Å². The van der Waals surface area contributed by atoms with Crippen LogP contribution in [-0.2, 0) is 0 Å². The van der Waals surface area contributed by atoms with Crippen LogP contribution in [0.5, 0.6) is 0 Å². The Morgan fingerprint density at radius 2 is 2.14 bits per heavy atom. The van der Waals surface area contributed by atoms with Gasteiger partial charge in [0.15, 0.2) is 0 Å². The summed E-state index contributed by atoms with van der Waals surface area (Å²) < 4.78 is 0.920. The molecule has 0 saturated carbocycles. The number of allylic oxidation sites excluding steroid dienone is 3. The van der Waals surface area contributed by atoms with Crippen molar-refractivity contribution in [3.63, 3.8) is 0 Å². The molecule has 1 amide bonds. The first kappa shape index (κ1) is 15.9. The van der Waals surface area contributed by atoms with Crippen molar-refractivity contribution < 1.29 is 4.79 Å². The third-order valence-electron chi connectivity index (χ3n) is 3.71. The van der Waals surface area contributed by atoms with E-state index in [1.165, 1.54) is 0 Å². The Bertz CT molecular complexity index is 631. The van der Waals surface area contributed by atoms with Crippen molar-refractivity contribution in [2.75, 3.05) is 0 Å². The molecule has 1 atom stereocenters. The number of hydrazone groups is 1. The SMILES string of the molecule is C=C(C)C1CC=C(C)/C(=N/NC(=O)c2ccccc2I)C1. The van der Waals surface area contributed by atoms with E-state index in [1.807, 2.05) is 32.0 Å². The van der Waals surface area contributed by atoms with Crippen molar-refractivity contribution in [2.45, 2.75) is 26.7 Å². The van der Waals surface area contributed by atoms with E-state index < -0.39 is 0 Å². The quantitative estimate of drug-likeness (QED) is 0.463. The largest absolute Gasteiger partial charge is 0.272 e. The Balaban J connectivity index is 2.12. The van der Waals surface area contributed by atoms with Crippen molar-refractivity contribution in [1.29, 1.82) is 0 Å². The Labute approximate surface area is 139 Å². The predicted octanol–water partition coefficient (Wildman–Crippen LogP) is 4.31. The number of benzene rings is 1. The average Bonchev–Trinajstić information content (AvgIpc) is 2.46. The van der Waals surface area contributed by atoms with E-state index in [0.717, 1.165) is 33.3 Å². The van der Waals surface area contributed by atoms with Crippen molar-refractivity contribution >= 4 is 34.2 Å². The molecule has 0 spiro atoms. The number of nitrogens with zero attached hydrogens (tertiary/aromatic N) is 1. The van der Waals surface area contributed by atoms with Gasteiger partial charge in [-0.15, -0.1) is 0 Å². The molecule has 0 saturated heterocycles. The van der Waals surface area contributed by atoms with Gasteiger partial charge in [0, 0.05) is 3.57 Å². The fraction of sp³-hybridized carbons (Fsp3) is 0.294. The number of halogens is 1. The third-order valence-corrected chi connectivity index (χ3v) is 4.65. The molecule has 0 aromatic heterocycles. The van der Waals surface area contributed by atoms with E-state index in [-0.39, 0.29) is 5.91 Å². The summed E-state index contributed by atoms with van der Waals surface area (Å²) in [5.74, 6) is 0.249. The number of rotatable bonds is 3. The molecule has 0 fully saturated rings. The summed E-state index contributed by atoms with van der Waals surface area (Å²) in [6.45, 7) is 8.10. The molecule has 21 heavy (non-hydrogen) atoms. The van der Waals surface area contributed by atoms with Crippen LogP contribution in [0.25, 0.3) is 0 Å². The standard InChI is InChI=1S/C17H19IN2O/c1-11(2)13-9-8-12(3)16(10-13)19-20-17(21)14-6-4-5-7-15(14)18/h4-8,13H,1,9-10H2,2-3H3,(H,20,21)/b19-16+. The van der Waals surface area contributed by atoms with E-state index in [0.29, 0.717) is 11.5 Å². The van der Waals surface area contributed by atoms with E-state index in [9.17, 15) is 4.79 Å². The molecule has 1 unspecified atom stereocenters. The van der Waals surface area contributed by atoms with Gasteiger partial charge in [-0.1, -0.05) is 30.4 Å². The summed E-state index contributed by atoms with van der Waals surface area (Å²) in [6.07, 6.45) is 4.01. The average molecular weight is 394 g/mol. The van der Waals surface area contributed by atoms with E-state index in [1.54, 1.807) is 6.07 Å². The van der Waals surface area contributed by atoms with Crippen molar-refractivity contribution in [1.82, 2.24) is 5.43 Å². The Kier molecular flexibility index (Phi) is 5.33. The molecule has 0 bridgehead atoms. The molecular weight excluding hydrogens is 375 g/mol. The number of hydrogen-bond acceptors (Lipinski definition) is 2. The summed E-state index contributed by atoms with van der Waals surface area (Å²) >= 11 is 2.15. The molecular formula is C17H19IN2O. The molecule has 0 aliphatic heterocycles. The van der Waals surface area contributed by atoms with Crippen LogP contribution >= 0.6 is 22.6 Å². The summed E-state index contributed by atoms with van der Waals surface area (Å²) in [6, 6.07) is 7.48. The second-order valence-electron chi connectivity index (χ2n) is 5.35. The van der Waals surface area contributed by atoms with Gasteiger partial charge in [-0.05, 0) is 72.9 Å². The highest BCUT2D eigenvalue weighted by atomic mass is 127. The number of amides is 1. The molecule has 1 N–H and O–H groups in total. The van der Waals surface area contributed by atoms with Gasteiger partial charge in [-0.25, -0.2) is 5.43 Å². The maximum atomic E-state index is 12.2. The van der Waals surface area contributed by atoms with Crippen LogP contribution in [0.15, 0.2) is 53.2 Å². The topological polar surface area (TPSA) is 41.5 Å². The summed E-state index contributed by atoms with van der Waals surface area (Å²) in [4.78, 5) is 12.2. The smallest absolute Gasteiger partial charge is 0.267 e. The van der Waals surface area contributed by atoms with Gasteiger partial charge >= 0.3 is 0 Å². The molecule has 110 valence electrons. The van der Waals surface area contributed by atoms with Crippen molar-refractivity contribution in [3.05, 3.63) is 57.2 Å². The van der Waals surface area contributed by atoms with Crippen molar-refractivity contribution in [3.8, 4) is 0 Å². The second-order valence-corrected chi connectivity index (χ2v) is 6.51. The van der Waals surface area contributed by atoms with Gasteiger partial charge in [-0.3, -0.25) is 4.79 Å². The number of carbonyl (C=O) groups is 1. The van der Waals surface area contributed by atoms with Crippen LogP contribution in [0, 0.1) is 9.49 Å². The summed E-state index contributed by atoms with van der Waals surface area (Å²) in [5.41, 5.74) is 6.56. The maximum Gasteiger partial charge on any atom is 0.272 e. The highest BCUT2D eigenvalue weighted by molar-refractivity contribution is 14.1. The minimum atomic E-state index is -0.169. The van der Waals surface area contributed by atoms with Gasteiger partial charge in [0.1, 0.15) is 0 Å². The molecule has 1 aromatic carbocycles.